The normalized spacial score (nSPS) is 20.9. The van der Waals surface area contributed by atoms with Crippen LogP contribution in [-0.4, -0.2) is 30.6 Å². The number of likely N-dealkylation sites (tertiary alicyclic amines) is 1. The largest absolute Gasteiger partial charge is 0.325 e. The van der Waals surface area contributed by atoms with Crippen molar-refractivity contribution in [1.29, 1.82) is 0 Å². The van der Waals surface area contributed by atoms with Crippen LogP contribution in [0.1, 0.15) is 24.0 Å². The molecule has 0 aromatic heterocycles. The summed E-state index contributed by atoms with van der Waals surface area (Å²) in [4.78, 5) is 2.36. The molecule has 0 aliphatic carbocycles. The lowest BCUT2D eigenvalue weighted by molar-refractivity contribution is 0.190. The van der Waals surface area contributed by atoms with Crippen LogP contribution in [-0.2, 0) is 6.42 Å². The predicted molar refractivity (Wildman–Crippen MR) is 68.5 cm³/mol. The van der Waals surface area contributed by atoms with Crippen molar-refractivity contribution in [3.8, 4) is 0 Å². The molecular formula is C14H22N2. The van der Waals surface area contributed by atoms with E-state index in [4.69, 9.17) is 5.73 Å². The monoisotopic (exact) mass is 218 g/mol. The van der Waals surface area contributed by atoms with E-state index in [9.17, 15) is 0 Å². The fourth-order valence-electron chi connectivity index (χ4n) is 2.35. The zero-order valence-electron chi connectivity index (χ0n) is 10.4. The standard InChI is InChI=1S/C14H22N2/c1-12-3-5-13(6-4-12)11-14(15)7-9-16(2)10-8-14/h3-6H,7-11,15H2,1-2H3. The van der Waals surface area contributed by atoms with Crippen LogP contribution in [0.15, 0.2) is 24.3 Å². The van der Waals surface area contributed by atoms with E-state index in [1.165, 1.54) is 11.1 Å². The smallest absolute Gasteiger partial charge is 0.0219 e. The van der Waals surface area contributed by atoms with Gasteiger partial charge in [0.05, 0.1) is 0 Å². The van der Waals surface area contributed by atoms with Crippen molar-refractivity contribution in [3.05, 3.63) is 35.4 Å². The van der Waals surface area contributed by atoms with E-state index in [0.717, 1.165) is 32.4 Å². The summed E-state index contributed by atoms with van der Waals surface area (Å²) in [6.45, 7) is 4.38. The Morgan fingerprint density at radius 1 is 1.19 bits per heavy atom. The van der Waals surface area contributed by atoms with Crippen LogP contribution in [0.2, 0.25) is 0 Å². The third-order valence-corrected chi connectivity index (χ3v) is 3.66. The van der Waals surface area contributed by atoms with Gasteiger partial charge in [0, 0.05) is 5.54 Å². The van der Waals surface area contributed by atoms with E-state index in [1.807, 2.05) is 0 Å². The first kappa shape index (κ1) is 11.6. The topological polar surface area (TPSA) is 29.3 Å². The minimum Gasteiger partial charge on any atom is -0.325 e. The molecule has 1 aliphatic rings. The van der Waals surface area contributed by atoms with E-state index in [0.29, 0.717) is 0 Å². The number of nitrogens with two attached hydrogens (primary N) is 1. The molecule has 0 atom stereocenters. The number of aryl methyl sites for hydroxylation is 1. The van der Waals surface area contributed by atoms with Crippen molar-refractivity contribution in [2.75, 3.05) is 20.1 Å². The molecule has 1 saturated heterocycles. The van der Waals surface area contributed by atoms with Crippen molar-refractivity contribution in [2.45, 2.75) is 31.7 Å². The minimum atomic E-state index is 0.0156. The van der Waals surface area contributed by atoms with Gasteiger partial charge in [0.2, 0.25) is 0 Å². The molecule has 1 aromatic rings. The van der Waals surface area contributed by atoms with Crippen molar-refractivity contribution >= 4 is 0 Å². The third-order valence-electron chi connectivity index (χ3n) is 3.66. The van der Waals surface area contributed by atoms with Crippen molar-refractivity contribution in [1.82, 2.24) is 4.90 Å². The highest BCUT2D eigenvalue weighted by Crippen LogP contribution is 2.23. The van der Waals surface area contributed by atoms with E-state index in [2.05, 4.69) is 43.1 Å². The van der Waals surface area contributed by atoms with Crippen LogP contribution >= 0.6 is 0 Å². The molecule has 16 heavy (non-hydrogen) atoms. The van der Waals surface area contributed by atoms with Crippen molar-refractivity contribution < 1.29 is 0 Å². The van der Waals surface area contributed by atoms with Gasteiger partial charge in [-0.1, -0.05) is 29.8 Å². The molecule has 0 bridgehead atoms. The van der Waals surface area contributed by atoms with E-state index < -0.39 is 0 Å². The van der Waals surface area contributed by atoms with Gasteiger partial charge in [-0.2, -0.15) is 0 Å². The molecular weight excluding hydrogens is 196 g/mol. The lowest BCUT2D eigenvalue weighted by Crippen LogP contribution is -2.50. The zero-order valence-corrected chi connectivity index (χ0v) is 10.4. The van der Waals surface area contributed by atoms with Crippen molar-refractivity contribution in [2.24, 2.45) is 5.73 Å². The molecule has 2 heteroatoms. The first-order valence-electron chi connectivity index (χ1n) is 6.10. The summed E-state index contributed by atoms with van der Waals surface area (Å²) in [5, 5.41) is 0. The maximum absolute atomic E-state index is 6.46. The van der Waals surface area contributed by atoms with Gasteiger partial charge in [0.15, 0.2) is 0 Å². The molecule has 0 saturated carbocycles. The van der Waals surface area contributed by atoms with Crippen LogP contribution < -0.4 is 5.73 Å². The fraction of sp³-hybridized carbons (Fsp3) is 0.571. The second-order valence-electron chi connectivity index (χ2n) is 5.33. The second-order valence-corrected chi connectivity index (χ2v) is 5.33. The summed E-state index contributed by atoms with van der Waals surface area (Å²) < 4.78 is 0. The molecule has 2 nitrogen and oxygen atoms in total. The highest BCUT2D eigenvalue weighted by atomic mass is 15.1. The molecule has 0 amide bonds. The SMILES string of the molecule is Cc1ccc(CC2(N)CCN(C)CC2)cc1. The van der Waals surface area contributed by atoms with Gasteiger partial charge in [0.1, 0.15) is 0 Å². The number of hydrogen-bond donors (Lipinski definition) is 1. The van der Waals surface area contributed by atoms with Gasteiger partial charge in [-0.25, -0.2) is 0 Å². The predicted octanol–water partition coefficient (Wildman–Crippen LogP) is 1.96. The van der Waals surface area contributed by atoms with Gasteiger partial charge in [-0.3, -0.25) is 0 Å². The maximum Gasteiger partial charge on any atom is 0.0219 e. The van der Waals surface area contributed by atoms with E-state index in [1.54, 1.807) is 0 Å². The lowest BCUT2D eigenvalue weighted by Gasteiger charge is -2.37. The molecule has 1 aliphatic heterocycles. The Bertz CT molecular complexity index is 334. The molecule has 0 unspecified atom stereocenters. The summed E-state index contributed by atoms with van der Waals surface area (Å²) in [5.41, 5.74) is 9.17. The van der Waals surface area contributed by atoms with Gasteiger partial charge < -0.3 is 10.6 Å². The summed E-state index contributed by atoms with van der Waals surface area (Å²) in [6.07, 6.45) is 3.23. The van der Waals surface area contributed by atoms with Crippen LogP contribution in [0.4, 0.5) is 0 Å². The molecule has 2 rings (SSSR count). The molecule has 1 heterocycles. The quantitative estimate of drug-likeness (QED) is 0.822. The first-order valence-corrected chi connectivity index (χ1v) is 6.10. The lowest BCUT2D eigenvalue weighted by atomic mass is 9.83. The molecule has 1 fully saturated rings. The number of hydrogen-bond acceptors (Lipinski definition) is 2. The number of benzene rings is 1. The number of piperidine rings is 1. The summed E-state index contributed by atoms with van der Waals surface area (Å²) in [6, 6.07) is 8.77. The third kappa shape index (κ3) is 2.83. The Balaban J connectivity index is 2.00. The molecule has 88 valence electrons. The molecule has 0 radical (unpaired) electrons. The fourth-order valence-corrected chi connectivity index (χ4v) is 2.35. The first-order chi connectivity index (χ1) is 7.57. The average molecular weight is 218 g/mol. The Hall–Kier alpha value is -0.860. The molecule has 0 spiro atoms. The van der Waals surface area contributed by atoms with Gasteiger partial charge in [0.25, 0.3) is 0 Å². The molecule has 2 N–H and O–H groups in total. The highest BCUT2D eigenvalue weighted by Gasteiger charge is 2.29. The Kier molecular flexibility index (Phi) is 3.31. The second kappa shape index (κ2) is 4.56. The Labute approximate surface area is 98.4 Å². The summed E-state index contributed by atoms with van der Waals surface area (Å²) in [7, 11) is 2.17. The maximum atomic E-state index is 6.46. The average Bonchev–Trinajstić information content (AvgIpc) is 2.27. The van der Waals surface area contributed by atoms with E-state index in [-0.39, 0.29) is 5.54 Å². The Morgan fingerprint density at radius 3 is 2.31 bits per heavy atom. The van der Waals surface area contributed by atoms with Crippen LogP contribution in [0, 0.1) is 6.92 Å². The highest BCUT2D eigenvalue weighted by molar-refractivity contribution is 5.23. The zero-order chi connectivity index (χ0) is 11.6. The Morgan fingerprint density at radius 2 is 1.75 bits per heavy atom. The van der Waals surface area contributed by atoms with Crippen molar-refractivity contribution in [3.63, 3.8) is 0 Å². The van der Waals surface area contributed by atoms with E-state index >= 15 is 0 Å². The van der Waals surface area contributed by atoms with Crippen LogP contribution in [0.5, 0.6) is 0 Å². The number of nitrogens with zero attached hydrogens (tertiary/aromatic N) is 1. The number of rotatable bonds is 2. The molecule has 1 aromatic carbocycles. The van der Waals surface area contributed by atoms with Crippen LogP contribution in [0.3, 0.4) is 0 Å². The summed E-state index contributed by atoms with van der Waals surface area (Å²) in [5.74, 6) is 0. The summed E-state index contributed by atoms with van der Waals surface area (Å²) >= 11 is 0. The van der Waals surface area contributed by atoms with Crippen LogP contribution in [0.25, 0.3) is 0 Å². The minimum absolute atomic E-state index is 0.0156. The van der Waals surface area contributed by atoms with Gasteiger partial charge in [-0.15, -0.1) is 0 Å². The van der Waals surface area contributed by atoms with Gasteiger partial charge >= 0.3 is 0 Å². The van der Waals surface area contributed by atoms with Gasteiger partial charge in [-0.05, 0) is 51.9 Å².